The molecule has 2 aromatic carbocycles. The van der Waals surface area contributed by atoms with Crippen LogP contribution in [0, 0.1) is 11.6 Å². The van der Waals surface area contributed by atoms with Crippen molar-refractivity contribution in [3.05, 3.63) is 90.3 Å². The summed E-state index contributed by atoms with van der Waals surface area (Å²) in [4.78, 5) is 2.09. The van der Waals surface area contributed by atoms with E-state index in [0.717, 1.165) is 5.69 Å². The number of aromatic nitrogens is 1. The Kier molecular flexibility index (Phi) is 6.19. The van der Waals surface area contributed by atoms with E-state index in [-0.39, 0.29) is 22.3 Å². The van der Waals surface area contributed by atoms with Gasteiger partial charge >= 0.3 is 0 Å². The maximum atomic E-state index is 13.3. The van der Waals surface area contributed by atoms with E-state index in [2.05, 4.69) is 5.32 Å². The number of rotatable bonds is 5. The van der Waals surface area contributed by atoms with E-state index in [1.807, 2.05) is 31.1 Å². The summed E-state index contributed by atoms with van der Waals surface area (Å²) < 4.78 is 28.1. The molecule has 0 unspecified atom stereocenters. The summed E-state index contributed by atoms with van der Waals surface area (Å²) in [7, 11) is 3.82. The zero-order valence-electron chi connectivity index (χ0n) is 15.9. The second-order valence-electron chi connectivity index (χ2n) is 6.50. The Morgan fingerprint density at radius 2 is 1.41 bits per heavy atom. The van der Waals surface area contributed by atoms with E-state index >= 15 is 0 Å². The molecule has 3 aromatic rings. The maximum absolute atomic E-state index is 13.3. The van der Waals surface area contributed by atoms with Crippen molar-refractivity contribution in [1.82, 2.24) is 0 Å². The predicted molar refractivity (Wildman–Crippen MR) is 113 cm³/mol. The Bertz CT molecular complexity index is 1030. The minimum Gasteiger partial charge on any atom is -0.867 e. The number of hydrogen-bond acceptors (Lipinski definition) is 3. The first-order valence-electron chi connectivity index (χ1n) is 8.78. The Labute approximate surface area is 173 Å². The van der Waals surface area contributed by atoms with E-state index in [0.29, 0.717) is 11.3 Å². The van der Waals surface area contributed by atoms with Gasteiger partial charge in [-0.3, -0.25) is 0 Å². The fourth-order valence-corrected chi connectivity index (χ4v) is 2.98. The third-order valence-electron chi connectivity index (χ3n) is 4.23. The van der Waals surface area contributed by atoms with Crippen LogP contribution in [0.2, 0.25) is 0 Å². The van der Waals surface area contributed by atoms with Gasteiger partial charge in [0.1, 0.15) is 11.6 Å². The van der Waals surface area contributed by atoms with E-state index in [1.165, 1.54) is 48.5 Å². The molecule has 1 aromatic heterocycles. The normalized spacial score (nSPS) is 11.6. The monoisotopic (exact) mass is 411 g/mol. The van der Waals surface area contributed by atoms with E-state index in [4.69, 9.17) is 12.2 Å². The summed E-state index contributed by atoms with van der Waals surface area (Å²) >= 11 is 5.49. The van der Waals surface area contributed by atoms with Crippen LogP contribution >= 0.6 is 12.2 Å². The highest BCUT2D eigenvalue weighted by molar-refractivity contribution is 7.81. The standard InChI is InChI=1S/C22H19F2N3OS/c1-26(2)19-11-13-27(14-12-19)20(21(28)15-3-5-16(23)6-4-15)22(29)25-18-9-7-17(24)8-10-18/h3-14H,1-2H3,(H-,25,28,29). The molecule has 0 aliphatic rings. The molecule has 1 N–H and O–H groups in total. The molecule has 0 fully saturated rings. The van der Waals surface area contributed by atoms with Gasteiger partial charge in [-0.2, -0.15) is 4.57 Å². The first kappa shape index (κ1) is 20.4. The molecule has 1 heterocycles. The lowest BCUT2D eigenvalue weighted by Gasteiger charge is -2.17. The molecular weight excluding hydrogens is 392 g/mol. The largest absolute Gasteiger partial charge is 0.867 e. The molecule has 4 nitrogen and oxygen atoms in total. The van der Waals surface area contributed by atoms with Gasteiger partial charge in [-0.05, 0) is 47.7 Å². The molecule has 148 valence electrons. The number of thiocarbonyl (C=S) groups is 1. The topological polar surface area (TPSA) is 42.2 Å². The van der Waals surface area contributed by atoms with Crippen molar-refractivity contribution in [2.45, 2.75) is 0 Å². The maximum Gasteiger partial charge on any atom is 0.238 e. The Hall–Kier alpha value is -3.32. The number of nitrogens with one attached hydrogen (secondary N) is 1. The molecule has 0 saturated heterocycles. The number of pyridine rings is 1. The molecule has 0 saturated carbocycles. The summed E-state index contributed by atoms with van der Waals surface area (Å²) in [6.07, 6.45) is 3.45. The highest BCUT2D eigenvalue weighted by Crippen LogP contribution is 2.18. The minimum absolute atomic E-state index is 0.161. The number of nitrogens with zero attached hydrogens (tertiary/aromatic N) is 2. The van der Waals surface area contributed by atoms with Crippen LogP contribution in [0.3, 0.4) is 0 Å². The lowest BCUT2D eigenvalue weighted by molar-refractivity contribution is -0.577. The van der Waals surface area contributed by atoms with Crippen molar-refractivity contribution in [2.24, 2.45) is 0 Å². The summed E-state index contributed by atoms with van der Waals surface area (Å²) in [5, 5.41) is 16.2. The first-order valence-corrected chi connectivity index (χ1v) is 9.19. The summed E-state index contributed by atoms with van der Waals surface area (Å²) in [5.74, 6) is -1.17. The fraction of sp³-hybridized carbons (Fsp3) is 0.0909. The van der Waals surface area contributed by atoms with Crippen LogP contribution in [0.5, 0.6) is 0 Å². The quantitative estimate of drug-likeness (QED) is 0.302. The van der Waals surface area contributed by atoms with Crippen molar-refractivity contribution in [3.8, 4) is 0 Å². The molecule has 3 rings (SSSR count). The van der Waals surface area contributed by atoms with Crippen LogP contribution in [0.4, 0.5) is 20.2 Å². The SMILES string of the molecule is CN(C)c1cc[n+](C(C(=S)Nc2ccc(F)cc2)=C([O-])c2ccc(F)cc2)cc1. The third-order valence-corrected chi connectivity index (χ3v) is 4.52. The molecule has 0 aliphatic heterocycles. The van der Waals surface area contributed by atoms with Gasteiger partial charge in [0.05, 0.1) is 0 Å². The van der Waals surface area contributed by atoms with Crippen molar-refractivity contribution < 1.29 is 18.5 Å². The molecular formula is C22H19F2N3OS. The molecule has 0 spiro atoms. The zero-order valence-corrected chi connectivity index (χ0v) is 16.7. The molecule has 7 heteroatoms. The average molecular weight is 411 g/mol. The zero-order chi connectivity index (χ0) is 21.0. The van der Waals surface area contributed by atoms with Gasteiger partial charge in [-0.15, -0.1) is 0 Å². The number of anilines is 2. The van der Waals surface area contributed by atoms with Gasteiger partial charge in [-0.25, -0.2) is 8.78 Å². The third kappa shape index (κ3) is 4.94. The number of benzene rings is 2. The molecule has 29 heavy (non-hydrogen) atoms. The molecule has 0 aliphatic carbocycles. The van der Waals surface area contributed by atoms with Crippen molar-refractivity contribution in [3.63, 3.8) is 0 Å². The highest BCUT2D eigenvalue weighted by Gasteiger charge is 2.19. The van der Waals surface area contributed by atoms with Gasteiger partial charge in [0.25, 0.3) is 0 Å². The van der Waals surface area contributed by atoms with Crippen LogP contribution in [0.1, 0.15) is 5.56 Å². The Balaban J connectivity index is 2.04. The van der Waals surface area contributed by atoms with Crippen molar-refractivity contribution >= 4 is 40.0 Å². The predicted octanol–water partition coefficient (Wildman–Crippen LogP) is 3.44. The lowest BCUT2D eigenvalue weighted by Crippen LogP contribution is -2.40. The Morgan fingerprint density at radius 3 is 1.93 bits per heavy atom. The summed E-state index contributed by atoms with van der Waals surface area (Å²) in [6, 6.07) is 14.6. The second kappa shape index (κ2) is 8.79. The molecule has 0 atom stereocenters. The van der Waals surface area contributed by atoms with Gasteiger partial charge in [0.2, 0.25) is 5.70 Å². The van der Waals surface area contributed by atoms with Crippen LogP contribution in [0.25, 0.3) is 11.5 Å². The van der Waals surface area contributed by atoms with Crippen LogP contribution in [-0.2, 0) is 0 Å². The van der Waals surface area contributed by atoms with Crippen LogP contribution < -0.4 is 19.9 Å². The Morgan fingerprint density at radius 1 is 0.897 bits per heavy atom. The second-order valence-corrected chi connectivity index (χ2v) is 6.91. The van der Waals surface area contributed by atoms with Gasteiger partial charge in [0.15, 0.2) is 17.4 Å². The average Bonchev–Trinajstić information content (AvgIpc) is 2.71. The number of halogens is 2. The number of hydrogen-bond donors (Lipinski definition) is 1. The molecule has 0 radical (unpaired) electrons. The van der Waals surface area contributed by atoms with Gasteiger partial charge < -0.3 is 15.3 Å². The van der Waals surface area contributed by atoms with Crippen LogP contribution in [-0.4, -0.2) is 19.1 Å². The van der Waals surface area contributed by atoms with Gasteiger partial charge in [-0.1, -0.05) is 24.4 Å². The van der Waals surface area contributed by atoms with Crippen molar-refractivity contribution in [2.75, 3.05) is 24.3 Å². The fourth-order valence-electron chi connectivity index (χ4n) is 2.66. The lowest BCUT2D eigenvalue weighted by atomic mass is 10.1. The van der Waals surface area contributed by atoms with Gasteiger partial charge in [0, 0.05) is 37.6 Å². The van der Waals surface area contributed by atoms with E-state index in [9.17, 15) is 13.9 Å². The van der Waals surface area contributed by atoms with E-state index < -0.39 is 5.82 Å². The first-order chi connectivity index (χ1) is 13.8. The smallest absolute Gasteiger partial charge is 0.238 e. The summed E-state index contributed by atoms with van der Waals surface area (Å²) in [5.41, 5.74) is 1.99. The molecule has 0 amide bonds. The summed E-state index contributed by atoms with van der Waals surface area (Å²) in [6.45, 7) is 0. The molecule has 0 bridgehead atoms. The highest BCUT2D eigenvalue weighted by atomic mass is 32.1. The minimum atomic E-state index is -0.432. The van der Waals surface area contributed by atoms with E-state index in [1.54, 1.807) is 17.0 Å². The van der Waals surface area contributed by atoms with Crippen molar-refractivity contribution in [1.29, 1.82) is 0 Å². The van der Waals surface area contributed by atoms with Crippen LogP contribution in [0.15, 0.2) is 73.1 Å².